The molecule has 0 bridgehead atoms. The van der Waals surface area contributed by atoms with Gasteiger partial charge in [-0.3, -0.25) is 4.98 Å². The molecule has 0 aromatic carbocycles. The Morgan fingerprint density at radius 2 is 2.41 bits per heavy atom. The third-order valence-electron chi connectivity index (χ3n) is 3.22. The molecular formula is C12H17N3OS. The van der Waals surface area contributed by atoms with Crippen molar-refractivity contribution in [1.82, 2.24) is 4.98 Å². The van der Waals surface area contributed by atoms with Gasteiger partial charge in [-0.1, -0.05) is 19.1 Å². The number of aliphatic hydroxyl groups excluding tert-OH is 1. The molecule has 17 heavy (non-hydrogen) atoms. The third kappa shape index (κ3) is 2.73. The van der Waals surface area contributed by atoms with Gasteiger partial charge in [0.15, 0.2) is 0 Å². The number of piperidine rings is 1. The number of nitrogens with zero attached hydrogens (tertiary/aromatic N) is 2. The molecule has 1 fully saturated rings. The van der Waals surface area contributed by atoms with E-state index in [1.54, 1.807) is 6.20 Å². The number of rotatable bonds is 2. The molecule has 0 amide bonds. The predicted octanol–water partition coefficient (Wildman–Crippen LogP) is 0.923. The van der Waals surface area contributed by atoms with E-state index in [0.717, 1.165) is 25.2 Å². The standard InChI is InChI=1S/C12H17N3OS/c1-8-7-15(5-3-11(8)16)9-2-4-14-10(6-9)12(13)17/h2,4,6,8,11,16H,3,5,7H2,1H3,(H2,13,17). The van der Waals surface area contributed by atoms with Gasteiger partial charge < -0.3 is 15.7 Å². The summed E-state index contributed by atoms with van der Waals surface area (Å²) in [5, 5.41) is 9.71. The van der Waals surface area contributed by atoms with E-state index in [2.05, 4.69) is 16.8 Å². The number of anilines is 1. The smallest absolute Gasteiger partial charge is 0.122 e. The first-order chi connectivity index (χ1) is 8.08. The van der Waals surface area contributed by atoms with Crippen LogP contribution in [0.1, 0.15) is 19.0 Å². The minimum absolute atomic E-state index is 0.192. The van der Waals surface area contributed by atoms with Crippen molar-refractivity contribution in [3.63, 3.8) is 0 Å². The Hall–Kier alpha value is -1.20. The van der Waals surface area contributed by atoms with Crippen LogP contribution in [0.15, 0.2) is 18.3 Å². The predicted molar refractivity (Wildman–Crippen MR) is 72.1 cm³/mol. The van der Waals surface area contributed by atoms with Crippen molar-refractivity contribution in [3.8, 4) is 0 Å². The van der Waals surface area contributed by atoms with Gasteiger partial charge in [0.25, 0.3) is 0 Å². The highest BCUT2D eigenvalue weighted by Crippen LogP contribution is 2.23. The topological polar surface area (TPSA) is 62.4 Å². The van der Waals surface area contributed by atoms with Crippen LogP contribution in [0.25, 0.3) is 0 Å². The molecule has 1 aliphatic heterocycles. The van der Waals surface area contributed by atoms with Gasteiger partial charge in [0.2, 0.25) is 0 Å². The summed E-state index contributed by atoms with van der Waals surface area (Å²) in [5.41, 5.74) is 7.29. The lowest BCUT2D eigenvalue weighted by atomic mass is 9.96. The summed E-state index contributed by atoms with van der Waals surface area (Å²) >= 11 is 4.92. The molecule has 2 unspecified atom stereocenters. The number of nitrogens with two attached hydrogens (primary N) is 1. The average Bonchev–Trinajstić information content (AvgIpc) is 2.33. The zero-order valence-corrected chi connectivity index (χ0v) is 10.7. The minimum Gasteiger partial charge on any atom is -0.393 e. The Morgan fingerprint density at radius 3 is 3.06 bits per heavy atom. The number of thiocarbonyl (C=S) groups is 1. The van der Waals surface area contributed by atoms with Crippen LogP contribution in [0.5, 0.6) is 0 Å². The zero-order valence-electron chi connectivity index (χ0n) is 9.84. The van der Waals surface area contributed by atoms with Gasteiger partial charge in [-0.15, -0.1) is 0 Å². The Labute approximate surface area is 106 Å². The number of aromatic nitrogens is 1. The van der Waals surface area contributed by atoms with Gasteiger partial charge >= 0.3 is 0 Å². The molecule has 0 radical (unpaired) electrons. The molecule has 1 saturated heterocycles. The van der Waals surface area contributed by atoms with Crippen LogP contribution < -0.4 is 10.6 Å². The molecule has 4 nitrogen and oxygen atoms in total. The van der Waals surface area contributed by atoms with Crippen LogP contribution in [0, 0.1) is 5.92 Å². The van der Waals surface area contributed by atoms with E-state index in [4.69, 9.17) is 18.0 Å². The van der Waals surface area contributed by atoms with Crippen LogP contribution in [0.3, 0.4) is 0 Å². The first kappa shape index (κ1) is 12.3. The molecule has 3 N–H and O–H groups in total. The van der Waals surface area contributed by atoms with E-state index in [1.165, 1.54) is 0 Å². The van der Waals surface area contributed by atoms with Crippen LogP contribution in [-0.2, 0) is 0 Å². The lowest BCUT2D eigenvalue weighted by molar-refractivity contribution is 0.0971. The van der Waals surface area contributed by atoms with Crippen molar-refractivity contribution in [3.05, 3.63) is 24.0 Å². The lowest BCUT2D eigenvalue weighted by Crippen LogP contribution is -2.42. The fourth-order valence-corrected chi connectivity index (χ4v) is 2.23. The maximum atomic E-state index is 9.71. The SMILES string of the molecule is CC1CN(c2ccnc(C(N)=S)c2)CCC1O. The van der Waals surface area contributed by atoms with Crippen molar-refractivity contribution >= 4 is 22.9 Å². The molecule has 2 atom stereocenters. The number of aliphatic hydroxyl groups is 1. The van der Waals surface area contributed by atoms with Crippen LogP contribution in [-0.4, -0.2) is 34.3 Å². The highest BCUT2D eigenvalue weighted by atomic mass is 32.1. The molecule has 0 saturated carbocycles. The fraction of sp³-hybridized carbons (Fsp3) is 0.500. The summed E-state index contributed by atoms with van der Waals surface area (Å²) in [6.07, 6.45) is 2.33. The Kier molecular flexibility index (Phi) is 3.59. The second-order valence-electron chi connectivity index (χ2n) is 4.54. The van der Waals surface area contributed by atoms with E-state index in [0.29, 0.717) is 10.7 Å². The largest absolute Gasteiger partial charge is 0.393 e. The second-order valence-corrected chi connectivity index (χ2v) is 4.98. The van der Waals surface area contributed by atoms with Crippen molar-refractivity contribution in [1.29, 1.82) is 0 Å². The molecule has 1 aromatic heterocycles. The summed E-state index contributed by atoms with van der Waals surface area (Å²) in [5.74, 6) is 0.283. The van der Waals surface area contributed by atoms with Gasteiger partial charge in [0, 0.05) is 25.0 Å². The molecular weight excluding hydrogens is 234 g/mol. The van der Waals surface area contributed by atoms with Gasteiger partial charge in [0.1, 0.15) is 4.99 Å². The number of hydrogen-bond acceptors (Lipinski definition) is 4. The average molecular weight is 251 g/mol. The summed E-state index contributed by atoms with van der Waals surface area (Å²) in [7, 11) is 0. The van der Waals surface area contributed by atoms with Gasteiger partial charge in [-0.2, -0.15) is 0 Å². The third-order valence-corrected chi connectivity index (χ3v) is 3.43. The molecule has 92 valence electrons. The van der Waals surface area contributed by atoms with Gasteiger partial charge in [0.05, 0.1) is 11.8 Å². The highest BCUT2D eigenvalue weighted by Gasteiger charge is 2.24. The zero-order chi connectivity index (χ0) is 12.4. The van der Waals surface area contributed by atoms with E-state index in [1.807, 2.05) is 12.1 Å². The Balaban J connectivity index is 2.17. The molecule has 5 heteroatoms. The van der Waals surface area contributed by atoms with E-state index < -0.39 is 0 Å². The molecule has 1 aliphatic rings. The van der Waals surface area contributed by atoms with Crippen molar-refractivity contribution in [2.24, 2.45) is 11.7 Å². The van der Waals surface area contributed by atoms with Gasteiger partial charge in [-0.25, -0.2) is 0 Å². The van der Waals surface area contributed by atoms with Gasteiger partial charge in [-0.05, 0) is 24.5 Å². The van der Waals surface area contributed by atoms with Crippen molar-refractivity contribution in [2.45, 2.75) is 19.4 Å². The number of pyridine rings is 1. The van der Waals surface area contributed by atoms with Crippen LogP contribution in [0.2, 0.25) is 0 Å². The maximum absolute atomic E-state index is 9.71. The first-order valence-corrected chi connectivity index (χ1v) is 6.17. The van der Waals surface area contributed by atoms with E-state index in [-0.39, 0.29) is 12.0 Å². The normalized spacial score (nSPS) is 24.7. The summed E-state index contributed by atoms with van der Waals surface area (Å²) < 4.78 is 0. The number of hydrogen-bond donors (Lipinski definition) is 2. The van der Waals surface area contributed by atoms with Crippen LogP contribution in [0.4, 0.5) is 5.69 Å². The summed E-state index contributed by atoms with van der Waals surface area (Å²) in [6.45, 7) is 3.76. The summed E-state index contributed by atoms with van der Waals surface area (Å²) in [4.78, 5) is 6.68. The summed E-state index contributed by atoms with van der Waals surface area (Å²) in [6, 6.07) is 3.86. The minimum atomic E-state index is -0.192. The molecule has 0 spiro atoms. The van der Waals surface area contributed by atoms with Crippen molar-refractivity contribution < 1.29 is 5.11 Å². The first-order valence-electron chi connectivity index (χ1n) is 5.77. The van der Waals surface area contributed by atoms with E-state index in [9.17, 15) is 5.11 Å². The second kappa shape index (κ2) is 4.98. The Morgan fingerprint density at radius 1 is 1.65 bits per heavy atom. The molecule has 0 aliphatic carbocycles. The quantitative estimate of drug-likeness (QED) is 0.765. The molecule has 2 heterocycles. The van der Waals surface area contributed by atoms with Crippen molar-refractivity contribution in [2.75, 3.05) is 18.0 Å². The van der Waals surface area contributed by atoms with E-state index >= 15 is 0 Å². The fourth-order valence-electron chi connectivity index (χ4n) is 2.12. The highest BCUT2D eigenvalue weighted by molar-refractivity contribution is 7.80. The molecule has 2 rings (SSSR count). The Bertz CT molecular complexity index is 424. The lowest BCUT2D eigenvalue weighted by Gasteiger charge is -2.36. The maximum Gasteiger partial charge on any atom is 0.122 e. The molecule has 1 aromatic rings. The monoisotopic (exact) mass is 251 g/mol. The van der Waals surface area contributed by atoms with Crippen LogP contribution >= 0.6 is 12.2 Å².